The Bertz CT molecular complexity index is 1290. The van der Waals surface area contributed by atoms with Gasteiger partial charge in [-0.2, -0.15) is 0 Å². The number of rotatable bonds is 10. The molecule has 0 aliphatic rings. The van der Waals surface area contributed by atoms with E-state index in [1.807, 2.05) is 12.1 Å². The van der Waals surface area contributed by atoms with Crippen LogP contribution >= 0.6 is 11.6 Å². The molecule has 0 aliphatic heterocycles. The van der Waals surface area contributed by atoms with Crippen molar-refractivity contribution in [3.63, 3.8) is 0 Å². The fraction of sp³-hybridized carbons (Fsp3) is 0.185. The Hall–Kier alpha value is -4.37. The predicted molar refractivity (Wildman–Crippen MR) is 136 cm³/mol. The van der Waals surface area contributed by atoms with Crippen molar-refractivity contribution < 1.29 is 34.1 Å². The average Bonchev–Trinajstić information content (AvgIpc) is 2.88. The molecule has 3 aromatic rings. The van der Waals surface area contributed by atoms with Crippen LogP contribution in [0.25, 0.3) is 11.1 Å². The van der Waals surface area contributed by atoms with Crippen molar-refractivity contribution in [2.45, 2.75) is 19.0 Å². The summed E-state index contributed by atoms with van der Waals surface area (Å²) in [6.45, 7) is -0.498. The smallest absolute Gasteiger partial charge is 0.410 e. The standard InChI is InChI=1S/C27H25ClN2O7/c1-37-27(36)30(16-24(31)32)15-19-6-2-3-7-20(19)18-12-10-17(11-13-18)14-23(26(34)35)29-25(33)21-8-4-5-9-22(21)28/h2-13,23H,14-16H2,1H3,(H,29,33)(H,31,32)(H,34,35)/t23-/m0/s1. The lowest BCUT2D eigenvalue weighted by molar-refractivity contribution is -0.139. The molecule has 3 rings (SSSR count). The Morgan fingerprint density at radius 1 is 0.946 bits per heavy atom. The quantitative estimate of drug-likeness (QED) is 0.364. The van der Waals surface area contributed by atoms with Gasteiger partial charge in [-0.3, -0.25) is 14.5 Å². The Balaban J connectivity index is 1.78. The van der Waals surface area contributed by atoms with E-state index < -0.39 is 36.5 Å². The molecule has 1 atom stereocenters. The Morgan fingerprint density at radius 2 is 1.59 bits per heavy atom. The van der Waals surface area contributed by atoms with Crippen LogP contribution in [0.1, 0.15) is 21.5 Å². The largest absolute Gasteiger partial charge is 0.480 e. The number of benzene rings is 3. The molecule has 37 heavy (non-hydrogen) atoms. The fourth-order valence-electron chi connectivity index (χ4n) is 3.76. The minimum absolute atomic E-state index is 0.0199. The second-order valence-corrected chi connectivity index (χ2v) is 8.53. The molecule has 3 aromatic carbocycles. The van der Waals surface area contributed by atoms with Crippen molar-refractivity contribution in [3.8, 4) is 11.1 Å². The molecule has 0 aromatic heterocycles. The summed E-state index contributed by atoms with van der Waals surface area (Å²) in [6, 6.07) is 19.5. The molecule has 0 radical (unpaired) electrons. The van der Waals surface area contributed by atoms with Crippen LogP contribution < -0.4 is 5.32 Å². The number of carbonyl (C=O) groups excluding carboxylic acids is 2. The fourth-order valence-corrected chi connectivity index (χ4v) is 3.98. The normalized spacial score (nSPS) is 11.3. The lowest BCUT2D eigenvalue weighted by atomic mass is 9.96. The van der Waals surface area contributed by atoms with Crippen molar-refractivity contribution in [3.05, 3.63) is 94.5 Å². The summed E-state index contributed by atoms with van der Waals surface area (Å²) in [4.78, 5) is 48.7. The number of carbonyl (C=O) groups is 4. The average molecular weight is 525 g/mol. The number of carboxylic acids is 2. The molecule has 10 heteroatoms. The highest BCUT2D eigenvalue weighted by Gasteiger charge is 2.23. The lowest BCUT2D eigenvalue weighted by Crippen LogP contribution is -2.42. The van der Waals surface area contributed by atoms with Gasteiger partial charge in [0.2, 0.25) is 0 Å². The molecule has 0 unspecified atom stereocenters. The van der Waals surface area contributed by atoms with Gasteiger partial charge in [0.1, 0.15) is 12.6 Å². The molecule has 192 valence electrons. The third-order valence-corrected chi connectivity index (χ3v) is 5.89. The summed E-state index contributed by atoms with van der Waals surface area (Å²) in [6.07, 6.45) is -0.714. The molecule has 0 heterocycles. The van der Waals surface area contributed by atoms with E-state index >= 15 is 0 Å². The first-order valence-corrected chi connectivity index (χ1v) is 11.6. The number of halogens is 1. The van der Waals surface area contributed by atoms with Crippen LogP contribution in [-0.4, -0.2) is 58.7 Å². The number of aliphatic carboxylic acids is 2. The Morgan fingerprint density at radius 3 is 2.22 bits per heavy atom. The molecule has 3 N–H and O–H groups in total. The number of nitrogens with zero attached hydrogens (tertiary/aromatic N) is 1. The summed E-state index contributed by atoms with van der Waals surface area (Å²) >= 11 is 6.05. The highest BCUT2D eigenvalue weighted by molar-refractivity contribution is 6.33. The van der Waals surface area contributed by atoms with Crippen LogP contribution in [0.4, 0.5) is 4.79 Å². The van der Waals surface area contributed by atoms with Gasteiger partial charge in [0.15, 0.2) is 0 Å². The van der Waals surface area contributed by atoms with Crippen LogP contribution in [-0.2, 0) is 27.3 Å². The molecule has 0 spiro atoms. The first kappa shape index (κ1) is 27.2. The highest BCUT2D eigenvalue weighted by atomic mass is 35.5. The first-order valence-electron chi connectivity index (χ1n) is 11.2. The summed E-state index contributed by atoms with van der Waals surface area (Å²) in [5, 5.41) is 21.5. The Kier molecular flexibility index (Phi) is 9.23. The van der Waals surface area contributed by atoms with Gasteiger partial charge in [0.25, 0.3) is 5.91 Å². The van der Waals surface area contributed by atoms with Gasteiger partial charge in [0, 0.05) is 6.42 Å². The zero-order valence-electron chi connectivity index (χ0n) is 19.9. The van der Waals surface area contributed by atoms with Crippen molar-refractivity contribution in [2.75, 3.05) is 13.7 Å². The van der Waals surface area contributed by atoms with Crippen molar-refractivity contribution in [2.24, 2.45) is 0 Å². The van der Waals surface area contributed by atoms with Gasteiger partial charge >= 0.3 is 18.0 Å². The number of ether oxygens (including phenoxy) is 1. The van der Waals surface area contributed by atoms with E-state index in [0.717, 1.165) is 16.0 Å². The highest BCUT2D eigenvalue weighted by Crippen LogP contribution is 2.26. The SMILES string of the molecule is COC(=O)N(CC(=O)O)Cc1ccccc1-c1ccc(C[C@H](NC(=O)c2ccccc2Cl)C(=O)O)cc1. The van der Waals surface area contributed by atoms with Gasteiger partial charge in [-0.05, 0) is 34.4 Å². The van der Waals surface area contributed by atoms with Crippen LogP contribution in [0.2, 0.25) is 5.02 Å². The molecule has 2 amide bonds. The zero-order chi connectivity index (χ0) is 26.9. The van der Waals surface area contributed by atoms with Crippen LogP contribution in [0.3, 0.4) is 0 Å². The minimum atomic E-state index is -1.18. The lowest BCUT2D eigenvalue weighted by Gasteiger charge is -2.21. The van der Waals surface area contributed by atoms with E-state index in [1.165, 1.54) is 13.2 Å². The summed E-state index contributed by atoms with van der Waals surface area (Å²) in [5.41, 5.74) is 3.13. The van der Waals surface area contributed by atoms with E-state index in [9.17, 15) is 24.3 Å². The van der Waals surface area contributed by atoms with Crippen molar-refractivity contribution in [1.82, 2.24) is 10.2 Å². The van der Waals surface area contributed by atoms with E-state index in [4.69, 9.17) is 21.4 Å². The van der Waals surface area contributed by atoms with Crippen LogP contribution in [0.15, 0.2) is 72.8 Å². The number of carboxylic acid groups (broad SMARTS) is 2. The number of hydrogen-bond donors (Lipinski definition) is 3. The molecule has 0 bridgehead atoms. The summed E-state index contributed by atoms with van der Waals surface area (Å²) in [5.74, 6) is -2.93. The zero-order valence-corrected chi connectivity index (χ0v) is 20.6. The van der Waals surface area contributed by atoms with Gasteiger partial charge in [-0.25, -0.2) is 9.59 Å². The van der Waals surface area contributed by atoms with Gasteiger partial charge in [-0.15, -0.1) is 0 Å². The molecular weight excluding hydrogens is 500 g/mol. The second-order valence-electron chi connectivity index (χ2n) is 8.12. The summed E-state index contributed by atoms with van der Waals surface area (Å²) in [7, 11) is 1.18. The topological polar surface area (TPSA) is 133 Å². The monoisotopic (exact) mass is 524 g/mol. The molecule has 0 fully saturated rings. The summed E-state index contributed by atoms with van der Waals surface area (Å²) < 4.78 is 4.70. The maximum absolute atomic E-state index is 12.5. The third kappa shape index (κ3) is 7.31. The Labute approximate surface area is 218 Å². The number of methoxy groups -OCH3 is 1. The maximum atomic E-state index is 12.5. The molecule has 0 aliphatic carbocycles. The second kappa shape index (κ2) is 12.5. The van der Waals surface area contributed by atoms with Crippen LogP contribution in [0.5, 0.6) is 0 Å². The third-order valence-electron chi connectivity index (χ3n) is 5.56. The van der Waals surface area contributed by atoms with Crippen molar-refractivity contribution >= 4 is 35.5 Å². The van der Waals surface area contributed by atoms with Gasteiger partial charge in [0.05, 0.1) is 24.2 Å². The first-order chi connectivity index (χ1) is 17.7. The molecule has 0 saturated heterocycles. The van der Waals surface area contributed by atoms with E-state index in [0.29, 0.717) is 11.1 Å². The number of hydrogen-bond acceptors (Lipinski definition) is 5. The molecular formula is C27H25ClN2O7. The number of amides is 2. The molecule has 9 nitrogen and oxygen atoms in total. The van der Waals surface area contributed by atoms with Gasteiger partial charge in [-0.1, -0.05) is 72.3 Å². The predicted octanol–water partition coefficient (Wildman–Crippen LogP) is 4.09. The maximum Gasteiger partial charge on any atom is 0.410 e. The van der Waals surface area contributed by atoms with E-state index in [2.05, 4.69) is 5.32 Å². The molecule has 0 saturated carbocycles. The van der Waals surface area contributed by atoms with E-state index in [-0.39, 0.29) is 23.6 Å². The van der Waals surface area contributed by atoms with Crippen molar-refractivity contribution in [1.29, 1.82) is 0 Å². The van der Waals surface area contributed by atoms with E-state index in [1.54, 1.807) is 54.6 Å². The van der Waals surface area contributed by atoms with Crippen LogP contribution in [0, 0.1) is 0 Å². The minimum Gasteiger partial charge on any atom is -0.480 e. The van der Waals surface area contributed by atoms with Gasteiger partial charge < -0.3 is 20.3 Å². The number of nitrogens with one attached hydrogen (secondary N) is 1.